The first-order valence-electron chi connectivity index (χ1n) is 5.28. The fourth-order valence-electron chi connectivity index (χ4n) is 1.58. The van der Waals surface area contributed by atoms with Crippen LogP contribution in [0.3, 0.4) is 0 Å². The molecule has 16 heavy (non-hydrogen) atoms. The highest BCUT2D eigenvalue weighted by molar-refractivity contribution is 7.80. The third kappa shape index (κ3) is 2.50. The van der Waals surface area contributed by atoms with Crippen LogP contribution < -0.4 is 0 Å². The minimum atomic E-state index is 0.190. The van der Waals surface area contributed by atoms with Crippen LogP contribution in [0.1, 0.15) is 13.8 Å². The molecule has 0 fully saturated rings. The summed E-state index contributed by atoms with van der Waals surface area (Å²) < 4.78 is 2.21. The van der Waals surface area contributed by atoms with Crippen molar-refractivity contribution in [2.24, 2.45) is 5.41 Å². The van der Waals surface area contributed by atoms with E-state index in [0.29, 0.717) is 0 Å². The number of hydrogen-bond donors (Lipinski definition) is 1. The van der Waals surface area contributed by atoms with Gasteiger partial charge in [-0.1, -0.05) is 19.9 Å². The predicted molar refractivity (Wildman–Crippen MR) is 73.2 cm³/mol. The second-order valence-corrected chi connectivity index (χ2v) is 5.94. The van der Waals surface area contributed by atoms with Crippen LogP contribution in [-0.4, -0.2) is 15.3 Å². The number of thiophene rings is 1. The van der Waals surface area contributed by atoms with Crippen molar-refractivity contribution >= 4 is 24.0 Å². The van der Waals surface area contributed by atoms with Gasteiger partial charge in [0, 0.05) is 18.9 Å². The summed E-state index contributed by atoms with van der Waals surface area (Å²) in [5.41, 5.74) is 0.190. The molecule has 0 aliphatic heterocycles. The second kappa shape index (κ2) is 4.63. The average molecular weight is 252 g/mol. The Morgan fingerprint density at radius 2 is 2.31 bits per heavy atom. The van der Waals surface area contributed by atoms with Crippen LogP contribution in [0.25, 0.3) is 10.7 Å². The number of aromatic nitrogens is 2. The minimum absolute atomic E-state index is 0.190. The molecule has 2 aromatic rings. The Morgan fingerprint density at radius 3 is 2.94 bits per heavy atom. The van der Waals surface area contributed by atoms with Gasteiger partial charge in [0.1, 0.15) is 5.82 Å². The zero-order chi connectivity index (χ0) is 11.6. The fraction of sp³-hybridized carbons (Fsp3) is 0.417. The lowest BCUT2D eigenvalue weighted by Gasteiger charge is -2.23. The molecular weight excluding hydrogens is 236 g/mol. The normalized spacial score (nSPS) is 11.9. The van der Waals surface area contributed by atoms with E-state index in [2.05, 4.69) is 53.5 Å². The molecule has 0 bridgehead atoms. The quantitative estimate of drug-likeness (QED) is 0.824. The predicted octanol–water partition coefficient (Wildman–Crippen LogP) is 3.57. The number of nitrogens with zero attached hydrogens (tertiary/aromatic N) is 2. The third-order valence-corrected chi connectivity index (χ3v) is 4.21. The highest BCUT2D eigenvalue weighted by Gasteiger charge is 2.18. The molecule has 0 amide bonds. The van der Waals surface area contributed by atoms with Gasteiger partial charge in [-0.3, -0.25) is 0 Å². The Labute approximate surface area is 106 Å². The first kappa shape index (κ1) is 11.7. The van der Waals surface area contributed by atoms with Crippen LogP contribution in [-0.2, 0) is 6.54 Å². The molecule has 2 aromatic heterocycles. The standard InChI is InChI=1S/C12H16N2S2/c1-12(2,9-15)8-14-6-5-13-11(14)10-4-3-7-16-10/h3-7,15H,8-9H2,1-2H3. The lowest BCUT2D eigenvalue weighted by atomic mass is 9.96. The molecule has 0 aromatic carbocycles. The summed E-state index contributed by atoms with van der Waals surface area (Å²) in [6, 6.07) is 4.17. The largest absolute Gasteiger partial charge is 0.330 e. The van der Waals surface area contributed by atoms with E-state index < -0.39 is 0 Å². The van der Waals surface area contributed by atoms with Crippen molar-refractivity contribution in [3.63, 3.8) is 0 Å². The van der Waals surface area contributed by atoms with E-state index in [1.54, 1.807) is 11.3 Å². The summed E-state index contributed by atoms with van der Waals surface area (Å²) in [6.45, 7) is 5.39. The van der Waals surface area contributed by atoms with Gasteiger partial charge in [0.05, 0.1) is 4.88 Å². The summed E-state index contributed by atoms with van der Waals surface area (Å²) in [7, 11) is 0. The summed E-state index contributed by atoms with van der Waals surface area (Å²) in [5, 5.41) is 2.08. The molecule has 0 aliphatic rings. The Balaban J connectivity index is 2.27. The molecule has 0 saturated carbocycles. The highest BCUT2D eigenvalue weighted by Crippen LogP contribution is 2.26. The van der Waals surface area contributed by atoms with Crippen LogP contribution >= 0.6 is 24.0 Å². The van der Waals surface area contributed by atoms with E-state index in [1.807, 2.05) is 12.4 Å². The van der Waals surface area contributed by atoms with Gasteiger partial charge in [0.15, 0.2) is 0 Å². The van der Waals surface area contributed by atoms with E-state index in [1.165, 1.54) is 4.88 Å². The maximum absolute atomic E-state index is 4.43. The lowest BCUT2D eigenvalue weighted by molar-refractivity contribution is 0.355. The molecule has 2 heterocycles. The molecular formula is C12H16N2S2. The Kier molecular flexibility index (Phi) is 3.40. The molecule has 0 atom stereocenters. The molecule has 0 N–H and O–H groups in total. The maximum atomic E-state index is 4.43. The molecule has 0 radical (unpaired) electrons. The van der Waals surface area contributed by atoms with Crippen LogP contribution in [0, 0.1) is 5.41 Å². The van der Waals surface area contributed by atoms with Gasteiger partial charge < -0.3 is 4.57 Å². The van der Waals surface area contributed by atoms with Gasteiger partial charge in [-0.25, -0.2) is 4.98 Å². The van der Waals surface area contributed by atoms with E-state index in [4.69, 9.17) is 0 Å². The van der Waals surface area contributed by atoms with Crippen molar-refractivity contribution in [3.05, 3.63) is 29.9 Å². The van der Waals surface area contributed by atoms with Crippen LogP contribution in [0.4, 0.5) is 0 Å². The first-order valence-corrected chi connectivity index (χ1v) is 6.79. The van der Waals surface area contributed by atoms with E-state index in [9.17, 15) is 0 Å². The van der Waals surface area contributed by atoms with Gasteiger partial charge >= 0.3 is 0 Å². The summed E-state index contributed by atoms with van der Waals surface area (Å²) >= 11 is 6.12. The van der Waals surface area contributed by atoms with Crippen molar-refractivity contribution < 1.29 is 0 Å². The van der Waals surface area contributed by atoms with Crippen molar-refractivity contribution in [1.82, 2.24) is 9.55 Å². The summed E-state index contributed by atoms with van der Waals surface area (Å²) in [6.07, 6.45) is 3.91. The summed E-state index contributed by atoms with van der Waals surface area (Å²) in [4.78, 5) is 5.65. The van der Waals surface area contributed by atoms with Gasteiger partial charge in [-0.15, -0.1) is 11.3 Å². The topological polar surface area (TPSA) is 17.8 Å². The fourth-order valence-corrected chi connectivity index (χ4v) is 2.42. The molecule has 0 unspecified atom stereocenters. The highest BCUT2D eigenvalue weighted by atomic mass is 32.1. The lowest BCUT2D eigenvalue weighted by Crippen LogP contribution is -2.21. The van der Waals surface area contributed by atoms with Crippen LogP contribution in [0.2, 0.25) is 0 Å². The monoisotopic (exact) mass is 252 g/mol. The summed E-state index contributed by atoms with van der Waals surface area (Å²) in [5.74, 6) is 1.93. The number of rotatable bonds is 4. The number of hydrogen-bond acceptors (Lipinski definition) is 3. The van der Waals surface area contributed by atoms with Crippen molar-refractivity contribution in [1.29, 1.82) is 0 Å². The zero-order valence-corrected chi connectivity index (χ0v) is 11.3. The van der Waals surface area contributed by atoms with Gasteiger partial charge in [-0.05, 0) is 22.6 Å². The SMILES string of the molecule is CC(C)(CS)Cn1ccnc1-c1cccs1. The molecule has 0 spiro atoms. The molecule has 0 aliphatic carbocycles. The van der Waals surface area contributed by atoms with Gasteiger partial charge in [0.2, 0.25) is 0 Å². The van der Waals surface area contributed by atoms with Crippen molar-refractivity contribution in [2.45, 2.75) is 20.4 Å². The van der Waals surface area contributed by atoms with E-state index in [0.717, 1.165) is 18.1 Å². The molecule has 4 heteroatoms. The molecule has 86 valence electrons. The number of thiol groups is 1. The van der Waals surface area contributed by atoms with E-state index in [-0.39, 0.29) is 5.41 Å². The van der Waals surface area contributed by atoms with Crippen LogP contribution in [0.5, 0.6) is 0 Å². The smallest absolute Gasteiger partial charge is 0.150 e. The minimum Gasteiger partial charge on any atom is -0.330 e. The van der Waals surface area contributed by atoms with E-state index >= 15 is 0 Å². The zero-order valence-electron chi connectivity index (χ0n) is 9.55. The van der Waals surface area contributed by atoms with Crippen molar-refractivity contribution in [2.75, 3.05) is 5.75 Å². The van der Waals surface area contributed by atoms with Gasteiger partial charge in [-0.2, -0.15) is 12.6 Å². The molecule has 2 nitrogen and oxygen atoms in total. The number of imidazole rings is 1. The second-order valence-electron chi connectivity index (χ2n) is 4.68. The molecule has 0 saturated heterocycles. The Morgan fingerprint density at radius 1 is 1.50 bits per heavy atom. The van der Waals surface area contributed by atoms with Crippen molar-refractivity contribution in [3.8, 4) is 10.7 Å². The first-order chi connectivity index (χ1) is 7.62. The van der Waals surface area contributed by atoms with Crippen LogP contribution in [0.15, 0.2) is 29.9 Å². The average Bonchev–Trinajstić information content (AvgIpc) is 2.86. The van der Waals surface area contributed by atoms with Gasteiger partial charge in [0.25, 0.3) is 0 Å². The third-order valence-electron chi connectivity index (χ3n) is 2.48. The Hall–Kier alpha value is -0.740. The maximum Gasteiger partial charge on any atom is 0.150 e. The molecule has 2 rings (SSSR count). The Bertz CT molecular complexity index is 443.